The number of ether oxygens (including phenoxy) is 1. The van der Waals surface area contributed by atoms with Crippen LogP contribution in [0.15, 0.2) is 40.3 Å². The maximum atomic E-state index is 8.66. The van der Waals surface area contributed by atoms with Gasteiger partial charge in [0, 0.05) is 18.1 Å². The zero-order valence-corrected chi connectivity index (χ0v) is 16.8. The first-order valence-electron chi connectivity index (χ1n) is 9.13. The monoisotopic (exact) mass is 351 g/mol. The van der Waals surface area contributed by atoms with E-state index in [9.17, 15) is 0 Å². The van der Waals surface area contributed by atoms with Gasteiger partial charge in [0.25, 0.3) is 0 Å². The Morgan fingerprint density at radius 1 is 0.962 bits per heavy atom. The molecule has 4 nitrogen and oxygen atoms in total. The molecule has 1 aromatic carbocycles. The zero-order valence-electron chi connectivity index (χ0n) is 16.8. The van der Waals surface area contributed by atoms with E-state index in [0.717, 1.165) is 24.0 Å². The van der Waals surface area contributed by atoms with Crippen molar-refractivity contribution in [3.05, 3.63) is 41.5 Å². The fraction of sp³-hybridized carbons (Fsp3) is 0.500. The Kier molecular flexibility index (Phi) is 6.02. The largest absolute Gasteiger partial charge is 0.421 e. The van der Waals surface area contributed by atoms with Crippen LogP contribution in [-0.2, 0) is 11.2 Å². The van der Waals surface area contributed by atoms with Gasteiger partial charge in [-0.1, -0.05) is 24.3 Å². The van der Waals surface area contributed by atoms with Crippen LogP contribution in [0.3, 0.4) is 0 Å². The summed E-state index contributed by atoms with van der Waals surface area (Å²) in [5, 5.41) is 8.66. The van der Waals surface area contributed by atoms with Gasteiger partial charge in [-0.05, 0) is 65.5 Å². The average Bonchev–Trinajstić information content (AvgIpc) is 2.86. The number of benzene rings is 1. The van der Waals surface area contributed by atoms with Gasteiger partial charge in [-0.2, -0.15) is 5.26 Å². The molecule has 0 radical (unpaired) electrons. The molecule has 1 heterocycles. The van der Waals surface area contributed by atoms with Crippen molar-refractivity contribution in [2.75, 3.05) is 0 Å². The van der Waals surface area contributed by atoms with Crippen molar-refractivity contribution in [3.8, 4) is 6.07 Å². The SMILES string of the molecule is CC(C)(C)N=C1C=C(c2ccc(CCCC#N)cc2)C(=NC(C)(C)C)O1. The molecule has 0 N–H and O–H groups in total. The van der Waals surface area contributed by atoms with Crippen LogP contribution in [-0.4, -0.2) is 22.9 Å². The van der Waals surface area contributed by atoms with E-state index in [-0.39, 0.29) is 11.1 Å². The van der Waals surface area contributed by atoms with Crippen LogP contribution >= 0.6 is 0 Å². The van der Waals surface area contributed by atoms with Gasteiger partial charge in [-0.3, -0.25) is 0 Å². The predicted molar refractivity (Wildman–Crippen MR) is 108 cm³/mol. The number of nitrogens with zero attached hydrogens (tertiary/aromatic N) is 3. The van der Waals surface area contributed by atoms with Gasteiger partial charge >= 0.3 is 0 Å². The second kappa shape index (κ2) is 7.86. The van der Waals surface area contributed by atoms with E-state index in [2.05, 4.69) is 56.1 Å². The molecule has 0 aromatic heterocycles. The first kappa shape index (κ1) is 19.9. The lowest BCUT2D eigenvalue weighted by molar-refractivity contribution is 0.498. The van der Waals surface area contributed by atoms with Crippen molar-refractivity contribution < 1.29 is 4.74 Å². The number of nitriles is 1. The Hall–Kier alpha value is -2.41. The van der Waals surface area contributed by atoms with Gasteiger partial charge < -0.3 is 4.74 Å². The summed E-state index contributed by atoms with van der Waals surface area (Å²) in [6.45, 7) is 12.3. The lowest BCUT2D eigenvalue weighted by Crippen LogP contribution is -2.17. The zero-order chi connectivity index (χ0) is 19.4. The van der Waals surface area contributed by atoms with Crippen molar-refractivity contribution in [1.82, 2.24) is 0 Å². The van der Waals surface area contributed by atoms with Crippen LogP contribution in [0, 0.1) is 11.3 Å². The average molecular weight is 351 g/mol. The summed E-state index contributed by atoms with van der Waals surface area (Å²) in [6.07, 6.45) is 4.38. The third kappa shape index (κ3) is 6.15. The van der Waals surface area contributed by atoms with Crippen molar-refractivity contribution in [3.63, 3.8) is 0 Å². The molecule has 0 spiro atoms. The Morgan fingerprint density at radius 3 is 2.12 bits per heavy atom. The minimum absolute atomic E-state index is 0.210. The van der Waals surface area contributed by atoms with E-state index < -0.39 is 0 Å². The first-order valence-corrected chi connectivity index (χ1v) is 9.13. The molecular formula is C22H29N3O. The molecule has 0 fully saturated rings. The number of rotatable bonds is 4. The van der Waals surface area contributed by atoms with Gasteiger partial charge in [-0.15, -0.1) is 0 Å². The van der Waals surface area contributed by atoms with Crippen LogP contribution in [0.2, 0.25) is 0 Å². The third-order valence-corrected chi connectivity index (χ3v) is 3.60. The summed E-state index contributed by atoms with van der Waals surface area (Å²) in [5.41, 5.74) is 2.82. The van der Waals surface area contributed by atoms with Crippen molar-refractivity contribution >= 4 is 17.4 Å². The predicted octanol–water partition coefficient (Wildman–Crippen LogP) is 5.34. The van der Waals surface area contributed by atoms with Gasteiger partial charge in [-0.25, -0.2) is 9.98 Å². The fourth-order valence-electron chi connectivity index (χ4n) is 2.57. The number of aliphatic imine (C=N–C) groups is 2. The number of hydrogen-bond acceptors (Lipinski definition) is 4. The molecule has 0 unspecified atom stereocenters. The summed E-state index contributed by atoms with van der Waals surface area (Å²) < 4.78 is 5.96. The molecule has 1 aliphatic rings. The van der Waals surface area contributed by atoms with Crippen molar-refractivity contribution in [2.45, 2.75) is 71.9 Å². The number of hydrogen-bond donors (Lipinski definition) is 0. The number of unbranched alkanes of at least 4 members (excludes halogenated alkanes) is 1. The maximum Gasteiger partial charge on any atom is 0.225 e. The van der Waals surface area contributed by atoms with E-state index in [1.54, 1.807) is 0 Å². The summed E-state index contributed by atoms with van der Waals surface area (Å²) >= 11 is 0. The molecule has 0 amide bonds. The first-order chi connectivity index (χ1) is 12.1. The van der Waals surface area contributed by atoms with Crippen LogP contribution in [0.4, 0.5) is 0 Å². The minimum Gasteiger partial charge on any atom is -0.421 e. The van der Waals surface area contributed by atoms with E-state index in [1.165, 1.54) is 5.56 Å². The highest BCUT2D eigenvalue weighted by molar-refractivity contribution is 6.31. The summed E-state index contributed by atoms with van der Waals surface area (Å²) in [6, 6.07) is 10.6. The molecule has 0 atom stereocenters. The Labute approximate surface area is 157 Å². The molecule has 0 saturated heterocycles. The number of aryl methyl sites for hydroxylation is 1. The van der Waals surface area contributed by atoms with Crippen LogP contribution in [0.1, 0.15) is 65.5 Å². The quantitative estimate of drug-likeness (QED) is 0.687. The summed E-state index contributed by atoms with van der Waals surface area (Å²) in [4.78, 5) is 9.38. The lowest BCUT2D eigenvalue weighted by atomic mass is 10.0. The molecule has 138 valence electrons. The van der Waals surface area contributed by atoms with E-state index >= 15 is 0 Å². The molecule has 0 aliphatic carbocycles. The van der Waals surface area contributed by atoms with Gasteiger partial charge in [0.1, 0.15) is 0 Å². The molecule has 1 aliphatic heterocycles. The molecule has 26 heavy (non-hydrogen) atoms. The standard InChI is InChI=1S/C22H29N3O/c1-21(2,3)24-19-15-18(20(26-19)25-22(4,5)6)17-12-10-16(11-13-17)9-7-8-14-23/h10-13,15H,7-9H2,1-6H3. The molecule has 2 rings (SSSR count). The third-order valence-electron chi connectivity index (χ3n) is 3.60. The van der Waals surface area contributed by atoms with E-state index in [0.29, 0.717) is 18.2 Å². The highest BCUT2D eigenvalue weighted by atomic mass is 16.5. The van der Waals surface area contributed by atoms with Gasteiger partial charge in [0.2, 0.25) is 11.8 Å². The Morgan fingerprint density at radius 2 is 1.58 bits per heavy atom. The maximum absolute atomic E-state index is 8.66. The van der Waals surface area contributed by atoms with Crippen LogP contribution < -0.4 is 0 Å². The smallest absolute Gasteiger partial charge is 0.225 e. The molecule has 1 aromatic rings. The highest BCUT2D eigenvalue weighted by Crippen LogP contribution is 2.27. The van der Waals surface area contributed by atoms with Gasteiger partial charge in [0.15, 0.2) is 0 Å². The molecule has 0 bridgehead atoms. The topological polar surface area (TPSA) is 57.7 Å². The van der Waals surface area contributed by atoms with Crippen molar-refractivity contribution in [2.24, 2.45) is 9.98 Å². The van der Waals surface area contributed by atoms with Gasteiger partial charge in [0.05, 0.1) is 17.1 Å². The minimum atomic E-state index is -0.233. The van der Waals surface area contributed by atoms with Crippen LogP contribution in [0.5, 0.6) is 0 Å². The molecule has 4 heteroatoms. The lowest BCUT2D eigenvalue weighted by Gasteiger charge is -2.15. The Balaban J connectivity index is 2.33. The molecule has 0 saturated carbocycles. The second-order valence-corrected chi connectivity index (χ2v) is 8.58. The normalized spacial score (nSPS) is 18.0. The molecular weight excluding hydrogens is 322 g/mol. The Bertz CT molecular complexity index is 764. The highest BCUT2D eigenvalue weighted by Gasteiger charge is 2.25. The van der Waals surface area contributed by atoms with Crippen molar-refractivity contribution in [1.29, 1.82) is 5.26 Å². The van der Waals surface area contributed by atoms with E-state index in [4.69, 9.17) is 15.0 Å². The summed E-state index contributed by atoms with van der Waals surface area (Å²) in [5.74, 6) is 1.23. The van der Waals surface area contributed by atoms with Crippen LogP contribution in [0.25, 0.3) is 5.57 Å². The van der Waals surface area contributed by atoms with E-state index in [1.807, 2.05) is 26.8 Å². The second-order valence-electron chi connectivity index (χ2n) is 8.58. The summed E-state index contributed by atoms with van der Waals surface area (Å²) in [7, 11) is 0. The fourth-order valence-corrected chi connectivity index (χ4v) is 2.57.